The number of ether oxygens (including phenoxy) is 1. The Morgan fingerprint density at radius 2 is 2.19 bits per heavy atom. The molecule has 1 unspecified atom stereocenters. The number of fused-ring (bicyclic) bond motifs is 1. The predicted molar refractivity (Wildman–Crippen MR) is 78.3 cm³/mol. The topological polar surface area (TPSA) is 58.6 Å². The lowest BCUT2D eigenvalue weighted by molar-refractivity contribution is -0.133. The van der Waals surface area contributed by atoms with Gasteiger partial charge in [0.15, 0.2) is 0 Å². The molecular formula is C15H17ClN2O3. The van der Waals surface area contributed by atoms with Crippen molar-refractivity contribution in [2.45, 2.75) is 32.4 Å². The average molecular weight is 309 g/mol. The third kappa shape index (κ3) is 2.83. The highest BCUT2D eigenvalue weighted by Crippen LogP contribution is 2.33. The van der Waals surface area contributed by atoms with E-state index in [4.69, 9.17) is 16.3 Å². The minimum absolute atomic E-state index is 0.0763. The first-order valence-electron chi connectivity index (χ1n) is 7.07. The lowest BCUT2D eigenvalue weighted by Gasteiger charge is -2.23. The molecular weight excluding hydrogens is 292 g/mol. The van der Waals surface area contributed by atoms with Crippen molar-refractivity contribution in [3.8, 4) is 5.75 Å². The van der Waals surface area contributed by atoms with Crippen molar-refractivity contribution in [1.29, 1.82) is 0 Å². The molecule has 2 heterocycles. The van der Waals surface area contributed by atoms with E-state index in [-0.39, 0.29) is 11.8 Å². The molecule has 1 saturated heterocycles. The zero-order valence-electron chi connectivity index (χ0n) is 11.8. The van der Waals surface area contributed by atoms with Gasteiger partial charge in [-0.2, -0.15) is 0 Å². The summed E-state index contributed by atoms with van der Waals surface area (Å²) < 4.78 is 5.66. The minimum atomic E-state index is -0.492. The van der Waals surface area contributed by atoms with Crippen molar-refractivity contribution in [2.75, 3.05) is 13.2 Å². The monoisotopic (exact) mass is 308 g/mol. The number of hydrogen-bond acceptors (Lipinski definition) is 3. The molecule has 2 amide bonds. The second-order valence-corrected chi connectivity index (χ2v) is 5.89. The van der Waals surface area contributed by atoms with Crippen LogP contribution in [0.15, 0.2) is 12.1 Å². The largest absolute Gasteiger partial charge is 0.493 e. The fourth-order valence-corrected chi connectivity index (χ4v) is 3.09. The molecule has 1 aromatic carbocycles. The van der Waals surface area contributed by atoms with Crippen molar-refractivity contribution in [3.05, 3.63) is 28.3 Å². The highest BCUT2D eigenvalue weighted by molar-refractivity contribution is 6.30. The summed E-state index contributed by atoms with van der Waals surface area (Å²) in [5, 5.41) is 3.34. The van der Waals surface area contributed by atoms with Crippen LogP contribution in [0.2, 0.25) is 5.02 Å². The number of hydrogen-bond donors (Lipinski definition) is 1. The van der Waals surface area contributed by atoms with E-state index < -0.39 is 6.04 Å². The molecule has 1 atom stereocenters. The summed E-state index contributed by atoms with van der Waals surface area (Å²) >= 11 is 6.14. The van der Waals surface area contributed by atoms with E-state index in [9.17, 15) is 9.59 Å². The van der Waals surface area contributed by atoms with Gasteiger partial charge in [-0.3, -0.25) is 9.59 Å². The van der Waals surface area contributed by atoms with Gasteiger partial charge in [-0.25, -0.2) is 0 Å². The van der Waals surface area contributed by atoms with E-state index in [2.05, 4.69) is 5.32 Å². The van der Waals surface area contributed by atoms with Crippen molar-refractivity contribution >= 4 is 23.4 Å². The molecule has 2 aliphatic heterocycles. The predicted octanol–water partition coefficient (Wildman–Crippen LogP) is 1.51. The standard InChI is InChI=1S/C15H17ClN2O3/c1-9-15(20)18(4-2-13(19)17-9)8-11-7-12(16)6-10-3-5-21-14(10)11/h6-7,9H,2-5,8H2,1H3,(H,17,19). The second-order valence-electron chi connectivity index (χ2n) is 5.45. The zero-order chi connectivity index (χ0) is 15.0. The van der Waals surface area contributed by atoms with Gasteiger partial charge in [0.05, 0.1) is 6.61 Å². The molecule has 3 rings (SSSR count). The van der Waals surface area contributed by atoms with Gasteiger partial charge in [0.1, 0.15) is 11.8 Å². The van der Waals surface area contributed by atoms with E-state index in [1.165, 1.54) is 0 Å². The number of nitrogens with one attached hydrogen (secondary N) is 1. The summed E-state index contributed by atoms with van der Waals surface area (Å²) in [5.41, 5.74) is 1.99. The van der Waals surface area contributed by atoms with Crippen LogP contribution in [0.25, 0.3) is 0 Å². The van der Waals surface area contributed by atoms with Gasteiger partial charge in [-0.1, -0.05) is 11.6 Å². The SMILES string of the molecule is CC1NC(=O)CCN(Cc2cc(Cl)cc3c2OCC3)C1=O. The Bertz CT molecular complexity index is 603. The number of amides is 2. The van der Waals surface area contributed by atoms with Gasteiger partial charge in [0.2, 0.25) is 11.8 Å². The molecule has 112 valence electrons. The van der Waals surface area contributed by atoms with Gasteiger partial charge in [0, 0.05) is 36.5 Å². The van der Waals surface area contributed by atoms with Crippen molar-refractivity contribution in [2.24, 2.45) is 0 Å². The van der Waals surface area contributed by atoms with E-state index in [1.807, 2.05) is 12.1 Å². The average Bonchev–Trinajstić information content (AvgIpc) is 2.86. The van der Waals surface area contributed by atoms with E-state index in [0.29, 0.717) is 31.1 Å². The Balaban J connectivity index is 1.86. The zero-order valence-corrected chi connectivity index (χ0v) is 12.6. The van der Waals surface area contributed by atoms with E-state index >= 15 is 0 Å². The van der Waals surface area contributed by atoms with Crippen LogP contribution in [-0.4, -0.2) is 35.9 Å². The van der Waals surface area contributed by atoms with Crippen LogP contribution < -0.4 is 10.1 Å². The maximum Gasteiger partial charge on any atom is 0.245 e. The summed E-state index contributed by atoms with van der Waals surface area (Å²) in [7, 11) is 0. The smallest absolute Gasteiger partial charge is 0.245 e. The van der Waals surface area contributed by atoms with Crippen LogP contribution in [0.5, 0.6) is 5.75 Å². The molecule has 0 radical (unpaired) electrons. The molecule has 21 heavy (non-hydrogen) atoms. The Labute approximate surface area is 128 Å². The van der Waals surface area contributed by atoms with Crippen LogP contribution in [-0.2, 0) is 22.6 Å². The number of carbonyl (C=O) groups excluding carboxylic acids is 2. The van der Waals surface area contributed by atoms with Crippen LogP contribution >= 0.6 is 11.6 Å². The van der Waals surface area contributed by atoms with Crippen molar-refractivity contribution in [1.82, 2.24) is 10.2 Å². The van der Waals surface area contributed by atoms with E-state index in [1.54, 1.807) is 11.8 Å². The number of carbonyl (C=O) groups is 2. The number of rotatable bonds is 2. The molecule has 0 aromatic heterocycles. The Hall–Kier alpha value is -1.75. The first-order valence-corrected chi connectivity index (χ1v) is 7.44. The summed E-state index contributed by atoms with van der Waals surface area (Å²) in [6.07, 6.45) is 1.16. The number of benzene rings is 1. The first-order chi connectivity index (χ1) is 10.0. The molecule has 6 heteroatoms. The molecule has 0 aliphatic carbocycles. The fraction of sp³-hybridized carbons (Fsp3) is 0.467. The summed E-state index contributed by atoms with van der Waals surface area (Å²) in [6.45, 7) is 3.18. The van der Waals surface area contributed by atoms with Crippen LogP contribution in [0.3, 0.4) is 0 Å². The fourth-order valence-electron chi connectivity index (χ4n) is 2.82. The van der Waals surface area contributed by atoms with Gasteiger partial charge >= 0.3 is 0 Å². The maximum atomic E-state index is 12.3. The van der Waals surface area contributed by atoms with Gasteiger partial charge in [-0.15, -0.1) is 0 Å². The Morgan fingerprint density at radius 3 is 3.00 bits per heavy atom. The minimum Gasteiger partial charge on any atom is -0.493 e. The summed E-state index contributed by atoms with van der Waals surface area (Å²) in [4.78, 5) is 25.6. The van der Waals surface area contributed by atoms with Crippen LogP contribution in [0, 0.1) is 0 Å². The summed E-state index contributed by atoms with van der Waals surface area (Å²) in [5.74, 6) is 0.668. The second kappa shape index (κ2) is 5.56. The van der Waals surface area contributed by atoms with Crippen molar-refractivity contribution < 1.29 is 14.3 Å². The lowest BCUT2D eigenvalue weighted by Crippen LogP contribution is -2.42. The Morgan fingerprint density at radius 1 is 1.38 bits per heavy atom. The first kappa shape index (κ1) is 14.2. The number of halogens is 1. The van der Waals surface area contributed by atoms with Crippen LogP contribution in [0.4, 0.5) is 0 Å². The van der Waals surface area contributed by atoms with Crippen LogP contribution in [0.1, 0.15) is 24.5 Å². The molecule has 5 nitrogen and oxygen atoms in total. The lowest BCUT2D eigenvalue weighted by atomic mass is 10.1. The molecule has 0 bridgehead atoms. The van der Waals surface area contributed by atoms with Gasteiger partial charge in [-0.05, 0) is 24.6 Å². The van der Waals surface area contributed by atoms with Gasteiger partial charge < -0.3 is 15.0 Å². The normalized spacial score (nSPS) is 21.6. The maximum absolute atomic E-state index is 12.3. The molecule has 0 spiro atoms. The molecule has 1 N–H and O–H groups in total. The number of nitrogens with zero attached hydrogens (tertiary/aromatic N) is 1. The third-order valence-electron chi connectivity index (χ3n) is 3.85. The quantitative estimate of drug-likeness (QED) is 0.901. The van der Waals surface area contributed by atoms with E-state index in [0.717, 1.165) is 23.3 Å². The molecule has 0 saturated carbocycles. The molecule has 1 fully saturated rings. The third-order valence-corrected chi connectivity index (χ3v) is 4.07. The van der Waals surface area contributed by atoms with Crippen molar-refractivity contribution in [3.63, 3.8) is 0 Å². The van der Waals surface area contributed by atoms with Gasteiger partial charge in [0.25, 0.3) is 0 Å². The molecule has 2 aliphatic rings. The molecule has 1 aromatic rings. The highest BCUT2D eigenvalue weighted by Gasteiger charge is 2.28. The highest BCUT2D eigenvalue weighted by atomic mass is 35.5. The summed E-state index contributed by atoms with van der Waals surface area (Å²) in [6, 6.07) is 3.25. The Kier molecular flexibility index (Phi) is 3.76.